The van der Waals surface area contributed by atoms with Gasteiger partial charge in [-0.2, -0.15) is 5.10 Å². The number of nitrogens with one attached hydrogen (secondary N) is 1. The minimum Gasteiger partial charge on any atom is -0.312 e. The molecule has 0 atom stereocenters. The minimum atomic E-state index is 0.931. The first-order valence-electron chi connectivity index (χ1n) is 8.00. The lowest BCUT2D eigenvalue weighted by Crippen LogP contribution is -2.34. The van der Waals surface area contributed by atoms with Crippen molar-refractivity contribution in [2.24, 2.45) is 13.0 Å². The predicted octanol–water partition coefficient (Wildman–Crippen LogP) is 2.25. The SMILES string of the molecule is Cc1nn(C)c(C)c1CNCCCN1CCC(C)CC1. The lowest BCUT2D eigenvalue weighted by Gasteiger charge is -2.30. The highest BCUT2D eigenvalue weighted by Crippen LogP contribution is 2.15. The Morgan fingerprint density at radius 1 is 1.25 bits per heavy atom. The largest absolute Gasteiger partial charge is 0.312 e. The van der Waals surface area contributed by atoms with E-state index in [2.05, 4.69) is 36.1 Å². The summed E-state index contributed by atoms with van der Waals surface area (Å²) in [5.41, 5.74) is 3.79. The van der Waals surface area contributed by atoms with Gasteiger partial charge in [-0.15, -0.1) is 0 Å². The maximum absolute atomic E-state index is 4.46. The number of hydrogen-bond donors (Lipinski definition) is 1. The summed E-state index contributed by atoms with van der Waals surface area (Å²) in [5, 5.41) is 8.02. The molecule has 1 aromatic heterocycles. The van der Waals surface area contributed by atoms with Crippen LogP contribution in [0.25, 0.3) is 0 Å². The lowest BCUT2D eigenvalue weighted by molar-refractivity contribution is 0.190. The van der Waals surface area contributed by atoms with Crippen LogP contribution in [-0.4, -0.2) is 40.9 Å². The zero-order valence-corrected chi connectivity index (χ0v) is 13.6. The third-order valence-corrected chi connectivity index (χ3v) is 4.66. The Labute approximate surface area is 123 Å². The Morgan fingerprint density at radius 3 is 2.55 bits per heavy atom. The van der Waals surface area contributed by atoms with Crippen LogP contribution in [0.3, 0.4) is 0 Å². The zero-order valence-electron chi connectivity index (χ0n) is 13.6. The molecule has 2 rings (SSSR count). The molecule has 0 aliphatic carbocycles. The molecule has 0 aromatic carbocycles. The molecule has 0 saturated carbocycles. The van der Waals surface area contributed by atoms with Gasteiger partial charge in [0.1, 0.15) is 0 Å². The summed E-state index contributed by atoms with van der Waals surface area (Å²) in [6.07, 6.45) is 4.00. The van der Waals surface area contributed by atoms with Gasteiger partial charge in [0.25, 0.3) is 0 Å². The molecule has 0 radical (unpaired) electrons. The van der Waals surface area contributed by atoms with Gasteiger partial charge < -0.3 is 10.2 Å². The fourth-order valence-corrected chi connectivity index (χ4v) is 3.00. The van der Waals surface area contributed by atoms with Crippen LogP contribution in [-0.2, 0) is 13.6 Å². The van der Waals surface area contributed by atoms with Crippen molar-refractivity contribution in [1.29, 1.82) is 0 Å². The van der Waals surface area contributed by atoms with Crippen LogP contribution in [0.5, 0.6) is 0 Å². The molecule has 4 nitrogen and oxygen atoms in total. The van der Waals surface area contributed by atoms with Crippen molar-refractivity contribution in [2.75, 3.05) is 26.2 Å². The van der Waals surface area contributed by atoms with Gasteiger partial charge >= 0.3 is 0 Å². The number of likely N-dealkylation sites (tertiary alicyclic amines) is 1. The summed E-state index contributed by atoms with van der Waals surface area (Å²) in [5.74, 6) is 0.931. The highest BCUT2D eigenvalue weighted by molar-refractivity contribution is 5.23. The van der Waals surface area contributed by atoms with E-state index < -0.39 is 0 Å². The summed E-state index contributed by atoms with van der Waals surface area (Å²) < 4.78 is 1.97. The Morgan fingerprint density at radius 2 is 1.95 bits per heavy atom. The smallest absolute Gasteiger partial charge is 0.0641 e. The molecule has 1 N–H and O–H groups in total. The molecular weight excluding hydrogens is 248 g/mol. The van der Waals surface area contributed by atoms with Crippen LogP contribution in [0.2, 0.25) is 0 Å². The summed E-state index contributed by atoms with van der Waals surface area (Å²) in [6, 6.07) is 0. The van der Waals surface area contributed by atoms with Crippen molar-refractivity contribution < 1.29 is 0 Å². The Hall–Kier alpha value is -0.870. The Kier molecular flexibility index (Phi) is 5.61. The van der Waals surface area contributed by atoms with Crippen LogP contribution in [0.1, 0.15) is 43.1 Å². The number of nitrogens with zero attached hydrogens (tertiary/aromatic N) is 3. The molecule has 0 amide bonds. The van der Waals surface area contributed by atoms with Crippen molar-refractivity contribution in [3.63, 3.8) is 0 Å². The van der Waals surface area contributed by atoms with E-state index in [4.69, 9.17) is 0 Å². The van der Waals surface area contributed by atoms with E-state index in [0.717, 1.165) is 24.7 Å². The quantitative estimate of drug-likeness (QED) is 0.810. The topological polar surface area (TPSA) is 33.1 Å². The monoisotopic (exact) mass is 278 g/mol. The molecule has 1 saturated heterocycles. The van der Waals surface area contributed by atoms with E-state index in [9.17, 15) is 0 Å². The molecule has 20 heavy (non-hydrogen) atoms. The molecule has 1 fully saturated rings. The van der Waals surface area contributed by atoms with Crippen LogP contribution in [0.4, 0.5) is 0 Å². The van der Waals surface area contributed by atoms with Crippen LogP contribution < -0.4 is 5.32 Å². The zero-order chi connectivity index (χ0) is 14.5. The second-order valence-corrected chi connectivity index (χ2v) is 6.33. The van der Waals surface area contributed by atoms with Crippen molar-refractivity contribution in [3.05, 3.63) is 17.0 Å². The maximum atomic E-state index is 4.46. The first-order chi connectivity index (χ1) is 9.58. The van der Waals surface area contributed by atoms with Crippen LogP contribution in [0.15, 0.2) is 0 Å². The first-order valence-corrected chi connectivity index (χ1v) is 8.00. The number of hydrogen-bond acceptors (Lipinski definition) is 3. The predicted molar refractivity (Wildman–Crippen MR) is 83.8 cm³/mol. The van der Waals surface area contributed by atoms with E-state index in [1.807, 2.05) is 11.7 Å². The normalized spacial score (nSPS) is 17.8. The van der Waals surface area contributed by atoms with E-state index in [-0.39, 0.29) is 0 Å². The van der Waals surface area contributed by atoms with Crippen LogP contribution >= 0.6 is 0 Å². The number of aromatic nitrogens is 2. The molecule has 114 valence electrons. The van der Waals surface area contributed by atoms with E-state index in [0.29, 0.717) is 0 Å². The molecule has 1 aliphatic heterocycles. The van der Waals surface area contributed by atoms with Gasteiger partial charge in [0.2, 0.25) is 0 Å². The van der Waals surface area contributed by atoms with Crippen LogP contribution in [0, 0.1) is 19.8 Å². The third-order valence-electron chi connectivity index (χ3n) is 4.66. The van der Waals surface area contributed by atoms with Gasteiger partial charge in [0.05, 0.1) is 5.69 Å². The summed E-state index contributed by atoms with van der Waals surface area (Å²) in [7, 11) is 2.02. The van der Waals surface area contributed by atoms with E-state index in [1.165, 1.54) is 50.2 Å². The average molecular weight is 278 g/mol. The fourth-order valence-electron chi connectivity index (χ4n) is 3.00. The summed E-state index contributed by atoms with van der Waals surface area (Å²) in [6.45, 7) is 12.5. The number of aryl methyl sites for hydroxylation is 2. The summed E-state index contributed by atoms with van der Waals surface area (Å²) >= 11 is 0. The van der Waals surface area contributed by atoms with Crippen molar-refractivity contribution in [3.8, 4) is 0 Å². The highest BCUT2D eigenvalue weighted by atomic mass is 15.3. The molecule has 1 aromatic rings. The Balaban J connectivity index is 1.62. The van der Waals surface area contributed by atoms with Gasteiger partial charge in [0.15, 0.2) is 0 Å². The van der Waals surface area contributed by atoms with Gasteiger partial charge in [-0.3, -0.25) is 4.68 Å². The fraction of sp³-hybridized carbons (Fsp3) is 0.812. The number of piperidine rings is 1. The Bertz CT molecular complexity index is 416. The van der Waals surface area contributed by atoms with Gasteiger partial charge in [-0.25, -0.2) is 0 Å². The molecule has 0 unspecified atom stereocenters. The lowest BCUT2D eigenvalue weighted by atomic mass is 9.99. The summed E-state index contributed by atoms with van der Waals surface area (Å²) in [4.78, 5) is 2.61. The first kappa shape index (κ1) is 15.5. The maximum Gasteiger partial charge on any atom is 0.0641 e. The third kappa shape index (κ3) is 4.06. The second kappa shape index (κ2) is 7.23. The van der Waals surface area contributed by atoms with E-state index >= 15 is 0 Å². The number of rotatable bonds is 6. The van der Waals surface area contributed by atoms with Gasteiger partial charge in [0, 0.05) is 24.8 Å². The molecule has 0 bridgehead atoms. The van der Waals surface area contributed by atoms with Gasteiger partial charge in [-0.1, -0.05) is 6.92 Å². The van der Waals surface area contributed by atoms with E-state index in [1.54, 1.807) is 0 Å². The molecule has 4 heteroatoms. The van der Waals surface area contributed by atoms with Crippen molar-refractivity contribution in [1.82, 2.24) is 20.0 Å². The average Bonchev–Trinajstić information content (AvgIpc) is 2.66. The molecular formula is C16H30N4. The van der Waals surface area contributed by atoms with Crippen molar-refractivity contribution >= 4 is 0 Å². The molecule has 0 spiro atoms. The standard InChI is InChI=1S/C16H30N4/c1-13-6-10-20(11-7-13)9-5-8-17-12-16-14(2)18-19(4)15(16)3/h13,17H,5-12H2,1-4H3. The highest BCUT2D eigenvalue weighted by Gasteiger charge is 2.14. The minimum absolute atomic E-state index is 0.931. The second-order valence-electron chi connectivity index (χ2n) is 6.33. The molecule has 2 heterocycles. The van der Waals surface area contributed by atoms with Crippen molar-refractivity contribution in [2.45, 2.75) is 46.6 Å². The van der Waals surface area contributed by atoms with Gasteiger partial charge in [-0.05, 0) is 65.2 Å². The molecule has 1 aliphatic rings.